The van der Waals surface area contributed by atoms with Crippen LogP contribution in [-0.2, 0) is 4.79 Å². The third-order valence-corrected chi connectivity index (χ3v) is 2.12. The van der Waals surface area contributed by atoms with Crippen molar-refractivity contribution in [3.05, 3.63) is 30.1 Å². The summed E-state index contributed by atoms with van der Waals surface area (Å²) in [6.45, 7) is -0.353. The van der Waals surface area contributed by atoms with Gasteiger partial charge in [-0.25, -0.2) is 14.0 Å². The van der Waals surface area contributed by atoms with Gasteiger partial charge >= 0.3 is 12.0 Å². The van der Waals surface area contributed by atoms with Crippen LogP contribution in [0.3, 0.4) is 0 Å². The number of benzene rings is 1. The van der Waals surface area contributed by atoms with E-state index in [0.29, 0.717) is 5.69 Å². The molecule has 0 aliphatic rings. The number of halogens is 1. The second-order valence-corrected chi connectivity index (χ2v) is 3.51. The zero-order valence-corrected chi connectivity index (χ0v) is 9.39. The molecule has 0 aliphatic heterocycles. The third-order valence-electron chi connectivity index (χ3n) is 2.12. The van der Waals surface area contributed by atoms with Crippen LogP contribution in [0.15, 0.2) is 24.3 Å². The summed E-state index contributed by atoms with van der Waals surface area (Å²) in [6.07, 6.45) is -0.0911. The number of carbonyl (C=O) groups is 2. The molecule has 0 aromatic heterocycles. The number of carboxylic acids is 1. The molecule has 2 amide bonds. The Bertz CT molecular complexity index is 422. The topological polar surface area (TPSA) is 98.7 Å². The standard InChI is InChI=1S/C11H13FN2O4/c12-7-1-3-8(4-2-7)13-11(18)14-9(5-6-15)10(16)17/h1-4,9,15H,5-6H2,(H,16,17)(H2,13,14,18)/t9-/m1/s1. The molecule has 4 N–H and O–H groups in total. The highest BCUT2D eigenvalue weighted by Crippen LogP contribution is 2.07. The predicted molar refractivity (Wildman–Crippen MR) is 61.7 cm³/mol. The first-order valence-electron chi connectivity index (χ1n) is 5.19. The summed E-state index contributed by atoms with van der Waals surface area (Å²) < 4.78 is 12.6. The first-order chi connectivity index (χ1) is 8.52. The Morgan fingerprint density at radius 2 is 1.89 bits per heavy atom. The maximum Gasteiger partial charge on any atom is 0.326 e. The van der Waals surface area contributed by atoms with Gasteiger partial charge in [-0.2, -0.15) is 0 Å². The maximum absolute atomic E-state index is 12.6. The minimum absolute atomic E-state index is 0.0911. The van der Waals surface area contributed by atoms with Crippen molar-refractivity contribution in [3.8, 4) is 0 Å². The van der Waals surface area contributed by atoms with Gasteiger partial charge in [0.25, 0.3) is 0 Å². The highest BCUT2D eigenvalue weighted by Gasteiger charge is 2.18. The fraction of sp³-hybridized carbons (Fsp3) is 0.273. The highest BCUT2D eigenvalue weighted by atomic mass is 19.1. The second-order valence-electron chi connectivity index (χ2n) is 3.51. The number of nitrogens with one attached hydrogen (secondary N) is 2. The Kier molecular flexibility index (Phi) is 5.06. The Balaban J connectivity index is 2.54. The molecule has 1 atom stereocenters. The smallest absolute Gasteiger partial charge is 0.326 e. The molecule has 0 radical (unpaired) electrons. The van der Waals surface area contributed by atoms with Crippen molar-refractivity contribution in [1.29, 1.82) is 0 Å². The zero-order valence-electron chi connectivity index (χ0n) is 9.39. The first kappa shape index (κ1) is 13.9. The Labute approximate surface area is 102 Å². The summed E-state index contributed by atoms with van der Waals surface area (Å²) in [5.41, 5.74) is 0.335. The molecule has 1 rings (SSSR count). The van der Waals surface area contributed by atoms with Crippen molar-refractivity contribution in [1.82, 2.24) is 5.32 Å². The van der Waals surface area contributed by atoms with Crippen LogP contribution in [0.5, 0.6) is 0 Å². The zero-order chi connectivity index (χ0) is 13.5. The average molecular weight is 256 g/mol. The van der Waals surface area contributed by atoms with Crippen LogP contribution >= 0.6 is 0 Å². The van der Waals surface area contributed by atoms with E-state index in [1.54, 1.807) is 0 Å². The van der Waals surface area contributed by atoms with E-state index >= 15 is 0 Å². The lowest BCUT2D eigenvalue weighted by Gasteiger charge is -2.13. The number of aliphatic hydroxyl groups excluding tert-OH is 1. The van der Waals surface area contributed by atoms with Gasteiger partial charge in [0, 0.05) is 18.7 Å². The van der Waals surface area contributed by atoms with Gasteiger partial charge in [0.05, 0.1) is 0 Å². The van der Waals surface area contributed by atoms with Crippen molar-refractivity contribution >= 4 is 17.7 Å². The molecule has 0 aliphatic carbocycles. The number of anilines is 1. The summed E-state index contributed by atoms with van der Waals surface area (Å²) in [7, 11) is 0. The van der Waals surface area contributed by atoms with Crippen molar-refractivity contribution in [3.63, 3.8) is 0 Å². The van der Waals surface area contributed by atoms with Gasteiger partial charge in [-0.1, -0.05) is 0 Å². The molecule has 0 unspecified atom stereocenters. The lowest BCUT2D eigenvalue weighted by Crippen LogP contribution is -2.43. The highest BCUT2D eigenvalue weighted by molar-refractivity contribution is 5.92. The quantitative estimate of drug-likeness (QED) is 0.625. The van der Waals surface area contributed by atoms with E-state index in [1.165, 1.54) is 12.1 Å². The molecule has 6 nitrogen and oxygen atoms in total. The minimum atomic E-state index is -1.24. The Hall–Kier alpha value is -2.15. The monoisotopic (exact) mass is 256 g/mol. The van der Waals surface area contributed by atoms with Crippen molar-refractivity contribution < 1.29 is 24.2 Å². The van der Waals surface area contributed by atoms with Gasteiger partial charge < -0.3 is 20.8 Å². The number of carboxylic acid groups (broad SMARTS) is 1. The Morgan fingerprint density at radius 3 is 2.39 bits per heavy atom. The van der Waals surface area contributed by atoms with Gasteiger partial charge in [-0.15, -0.1) is 0 Å². The van der Waals surface area contributed by atoms with Crippen molar-refractivity contribution in [2.24, 2.45) is 0 Å². The van der Waals surface area contributed by atoms with Gasteiger partial charge in [0.2, 0.25) is 0 Å². The molecule has 1 aromatic rings. The molecule has 0 saturated carbocycles. The van der Waals surface area contributed by atoms with Crippen LogP contribution in [0.1, 0.15) is 6.42 Å². The number of aliphatic carboxylic acids is 1. The van der Waals surface area contributed by atoms with E-state index in [1.807, 2.05) is 0 Å². The first-order valence-corrected chi connectivity index (χ1v) is 5.19. The van der Waals surface area contributed by atoms with Gasteiger partial charge in [-0.3, -0.25) is 0 Å². The largest absolute Gasteiger partial charge is 0.480 e. The minimum Gasteiger partial charge on any atom is -0.480 e. The number of rotatable bonds is 5. The molecule has 7 heteroatoms. The molecular weight excluding hydrogens is 243 g/mol. The lowest BCUT2D eigenvalue weighted by atomic mass is 10.2. The predicted octanol–water partition coefficient (Wildman–Crippen LogP) is 0.783. The lowest BCUT2D eigenvalue weighted by molar-refractivity contribution is -0.139. The summed E-state index contributed by atoms with van der Waals surface area (Å²) in [4.78, 5) is 22.1. The van der Waals surface area contributed by atoms with Gasteiger partial charge in [0.1, 0.15) is 11.9 Å². The molecule has 98 valence electrons. The van der Waals surface area contributed by atoms with E-state index < -0.39 is 23.9 Å². The molecule has 18 heavy (non-hydrogen) atoms. The van der Waals surface area contributed by atoms with Crippen LogP contribution in [0.4, 0.5) is 14.9 Å². The van der Waals surface area contributed by atoms with E-state index in [-0.39, 0.29) is 13.0 Å². The number of aliphatic hydroxyl groups is 1. The summed E-state index contributed by atoms with van der Waals surface area (Å²) in [6, 6.07) is 3.11. The van der Waals surface area contributed by atoms with Crippen LogP contribution in [0.25, 0.3) is 0 Å². The van der Waals surface area contributed by atoms with E-state index in [2.05, 4.69) is 10.6 Å². The number of carbonyl (C=O) groups excluding carboxylic acids is 1. The molecule has 0 heterocycles. The number of amides is 2. The van der Waals surface area contributed by atoms with Crippen molar-refractivity contribution in [2.75, 3.05) is 11.9 Å². The fourth-order valence-electron chi connectivity index (χ4n) is 1.25. The van der Waals surface area contributed by atoms with E-state index in [0.717, 1.165) is 12.1 Å². The summed E-state index contributed by atoms with van der Waals surface area (Å²) >= 11 is 0. The SMILES string of the molecule is O=C(Nc1ccc(F)cc1)N[C@H](CCO)C(=O)O. The number of urea groups is 1. The molecule has 0 fully saturated rings. The van der Waals surface area contributed by atoms with Gasteiger partial charge in [0.15, 0.2) is 0 Å². The van der Waals surface area contributed by atoms with Crippen LogP contribution in [-0.4, -0.2) is 34.9 Å². The fourth-order valence-corrected chi connectivity index (χ4v) is 1.25. The molecule has 0 saturated heterocycles. The number of hydrogen-bond acceptors (Lipinski definition) is 3. The van der Waals surface area contributed by atoms with Crippen molar-refractivity contribution in [2.45, 2.75) is 12.5 Å². The van der Waals surface area contributed by atoms with Crippen LogP contribution in [0.2, 0.25) is 0 Å². The molecule has 1 aromatic carbocycles. The van der Waals surface area contributed by atoms with Crippen LogP contribution in [0, 0.1) is 5.82 Å². The van der Waals surface area contributed by atoms with E-state index in [9.17, 15) is 14.0 Å². The third kappa shape index (κ3) is 4.38. The Morgan fingerprint density at radius 1 is 1.28 bits per heavy atom. The molecule has 0 spiro atoms. The average Bonchev–Trinajstić information content (AvgIpc) is 2.31. The normalized spacial score (nSPS) is 11.7. The van der Waals surface area contributed by atoms with Gasteiger partial charge in [-0.05, 0) is 24.3 Å². The molecular formula is C11H13FN2O4. The summed E-state index contributed by atoms with van der Waals surface area (Å²) in [5.74, 6) is -1.68. The van der Waals surface area contributed by atoms with Crippen LogP contribution < -0.4 is 10.6 Å². The molecule has 0 bridgehead atoms. The van der Waals surface area contributed by atoms with E-state index in [4.69, 9.17) is 10.2 Å². The number of hydrogen-bond donors (Lipinski definition) is 4. The maximum atomic E-state index is 12.6. The summed E-state index contributed by atoms with van der Waals surface area (Å²) in [5, 5.41) is 21.9. The second kappa shape index (κ2) is 6.55.